The fourth-order valence-electron chi connectivity index (χ4n) is 2.35. The Morgan fingerprint density at radius 3 is 2.60 bits per heavy atom. The van der Waals surface area contributed by atoms with Crippen LogP contribution in [0.25, 0.3) is 0 Å². The summed E-state index contributed by atoms with van der Waals surface area (Å²) in [5.41, 5.74) is 9.60. The second-order valence-electron chi connectivity index (χ2n) is 5.06. The Labute approximate surface area is 121 Å². The lowest BCUT2D eigenvalue weighted by atomic mass is 10.1. The Kier molecular flexibility index (Phi) is 4.64. The van der Waals surface area contributed by atoms with E-state index in [1.54, 1.807) is 7.11 Å². The second kappa shape index (κ2) is 6.44. The van der Waals surface area contributed by atoms with Crippen molar-refractivity contribution in [3.05, 3.63) is 59.7 Å². The zero-order valence-corrected chi connectivity index (χ0v) is 12.3. The van der Waals surface area contributed by atoms with Gasteiger partial charge in [-0.15, -0.1) is 0 Å². The maximum absolute atomic E-state index is 6.04. The Morgan fingerprint density at radius 1 is 1.15 bits per heavy atom. The first kappa shape index (κ1) is 14.4. The highest BCUT2D eigenvalue weighted by molar-refractivity contribution is 5.54. The third-order valence-corrected chi connectivity index (χ3v) is 3.39. The number of benzene rings is 2. The molecular weight excluding hydrogens is 248 g/mol. The summed E-state index contributed by atoms with van der Waals surface area (Å²) >= 11 is 0. The molecule has 0 amide bonds. The number of nitrogens with zero attached hydrogens (tertiary/aromatic N) is 1. The van der Waals surface area contributed by atoms with Gasteiger partial charge in [0.05, 0.1) is 7.11 Å². The van der Waals surface area contributed by atoms with E-state index in [4.69, 9.17) is 10.5 Å². The number of rotatable bonds is 5. The van der Waals surface area contributed by atoms with Crippen LogP contribution in [0, 0.1) is 0 Å². The molecule has 0 aliphatic heterocycles. The molecule has 0 heterocycles. The molecule has 0 fully saturated rings. The summed E-state index contributed by atoms with van der Waals surface area (Å²) in [6, 6.07) is 16.4. The van der Waals surface area contributed by atoms with Crippen LogP contribution in [0.2, 0.25) is 0 Å². The van der Waals surface area contributed by atoms with Crippen LogP contribution in [0.5, 0.6) is 5.75 Å². The molecule has 3 nitrogen and oxygen atoms in total. The van der Waals surface area contributed by atoms with Crippen LogP contribution >= 0.6 is 0 Å². The smallest absolute Gasteiger partial charge is 0.119 e. The molecule has 0 saturated heterocycles. The molecule has 0 radical (unpaired) electrons. The van der Waals surface area contributed by atoms with E-state index in [1.165, 1.54) is 11.3 Å². The van der Waals surface area contributed by atoms with Crippen LogP contribution < -0.4 is 15.4 Å². The summed E-state index contributed by atoms with van der Waals surface area (Å²) in [6.45, 7) is 2.83. The van der Waals surface area contributed by atoms with Gasteiger partial charge >= 0.3 is 0 Å². The highest BCUT2D eigenvalue weighted by Crippen LogP contribution is 2.25. The summed E-state index contributed by atoms with van der Waals surface area (Å²) in [6.07, 6.45) is 0. The maximum atomic E-state index is 6.04. The van der Waals surface area contributed by atoms with Gasteiger partial charge in [0.1, 0.15) is 5.75 Å². The summed E-state index contributed by atoms with van der Waals surface area (Å²) in [5.74, 6) is 0.886. The number of anilines is 1. The lowest BCUT2D eigenvalue weighted by molar-refractivity contribution is 0.414. The Hall–Kier alpha value is -2.00. The number of ether oxygens (including phenoxy) is 1. The number of para-hydroxylation sites is 1. The van der Waals surface area contributed by atoms with Crippen LogP contribution in [0.4, 0.5) is 5.69 Å². The standard InChI is InChI=1S/C17H22N2O/c1-13(18)16-9-4-5-10-17(16)19(2)12-14-7-6-8-15(11-14)20-3/h4-11,13H,12,18H2,1-3H3/t13-/m0/s1. The van der Waals surface area contributed by atoms with E-state index in [-0.39, 0.29) is 6.04 Å². The van der Waals surface area contributed by atoms with Crippen molar-refractivity contribution >= 4 is 5.69 Å². The minimum atomic E-state index is 0.0268. The SMILES string of the molecule is COc1cccc(CN(C)c2ccccc2[C@H](C)N)c1. The lowest BCUT2D eigenvalue weighted by Gasteiger charge is -2.24. The molecule has 2 aromatic carbocycles. The molecule has 0 saturated carbocycles. The quantitative estimate of drug-likeness (QED) is 0.905. The average Bonchev–Trinajstić information content (AvgIpc) is 2.47. The third kappa shape index (κ3) is 3.31. The summed E-state index contributed by atoms with van der Waals surface area (Å²) in [4.78, 5) is 2.22. The minimum Gasteiger partial charge on any atom is -0.497 e. The molecule has 0 unspecified atom stereocenters. The highest BCUT2D eigenvalue weighted by atomic mass is 16.5. The van der Waals surface area contributed by atoms with Gasteiger partial charge in [0.25, 0.3) is 0 Å². The van der Waals surface area contributed by atoms with Crippen molar-refractivity contribution in [3.63, 3.8) is 0 Å². The summed E-state index contributed by atoms with van der Waals surface area (Å²) < 4.78 is 5.27. The molecule has 1 atom stereocenters. The van der Waals surface area contributed by atoms with E-state index in [0.29, 0.717) is 0 Å². The number of hydrogen-bond acceptors (Lipinski definition) is 3. The molecule has 20 heavy (non-hydrogen) atoms. The molecule has 0 bridgehead atoms. The van der Waals surface area contributed by atoms with E-state index < -0.39 is 0 Å². The number of nitrogens with two attached hydrogens (primary N) is 1. The van der Waals surface area contributed by atoms with Gasteiger partial charge in [0.15, 0.2) is 0 Å². The first-order valence-corrected chi connectivity index (χ1v) is 6.80. The molecule has 106 valence electrons. The zero-order chi connectivity index (χ0) is 14.5. The molecule has 3 heteroatoms. The summed E-state index contributed by atoms with van der Waals surface area (Å²) in [7, 11) is 3.77. The second-order valence-corrected chi connectivity index (χ2v) is 5.06. The monoisotopic (exact) mass is 270 g/mol. The van der Waals surface area contributed by atoms with Gasteiger partial charge in [-0.05, 0) is 36.2 Å². The fourth-order valence-corrected chi connectivity index (χ4v) is 2.35. The molecule has 0 aliphatic rings. The highest BCUT2D eigenvalue weighted by Gasteiger charge is 2.10. The van der Waals surface area contributed by atoms with E-state index in [2.05, 4.69) is 36.2 Å². The van der Waals surface area contributed by atoms with Crippen molar-refractivity contribution in [1.82, 2.24) is 0 Å². The maximum Gasteiger partial charge on any atom is 0.119 e. The Bertz CT molecular complexity index is 566. The molecule has 2 N–H and O–H groups in total. The predicted octanol–water partition coefficient (Wildman–Crippen LogP) is 3.35. The first-order chi connectivity index (χ1) is 9.61. The van der Waals surface area contributed by atoms with Crippen LogP contribution in [0.1, 0.15) is 24.1 Å². The Balaban J connectivity index is 2.21. The molecule has 2 aromatic rings. The third-order valence-electron chi connectivity index (χ3n) is 3.39. The van der Waals surface area contributed by atoms with E-state index in [0.717, 1.165) is 17.9 Å². The normalized spacial score (nSPS) is 12.0. The van der Waals surface area contributed by atoms with Crippen LogP contribution in [0.3, 0.4) is 0 Å². The molecule has 0 aliphatic carbocycles. The minimum absolute atomic E-state index is 0.0268. The molecule has 0 aromatic heterocycles. The van der Waals surface area contributed by atoms with Crippen molar-refractivity contribution in [1.29, 1.82) is 0 Å². The van der Waals surface area contributed by atoms with Crippen molar-refractivity contribution in [3.8, 4) is 5.75 Å². The predicted molar refractivity (Wildman–Crippen MR) is 84.1 cm³/mol. The van der Waals surface area contributed by atoms with Gasteiger partial charge in [0, 0.05) is 25.3 Å². The van der Waals surface area contributed by atoms with Crippen molar-refractivity contribution in [2.75, 3.05) is 19.1 Å². The van der Waals surface area contributed by atoms with Gasteiger partial charge in [-0.3, -0.25) is 0 Å². The number of hydrogen-bond donors (Lipinski definition) is 1. The largest absolute Gasteiger partial charge is 0.497 e. The molecule has 2 rings (SSSR count). The van der Waals surface area contributed by atoms with Crippen LogP contribution in [-0.2, 0) is 6.54 Å². The summed E-state index contributed by atoms with van der Waals surface area (Å²) in [5, 5.41) is 0. The Morgan fingerprint density at radius 2 is 1.90 bits per heavy atom. The number of methoxy groups -OCH3 is 1. The lowest BCUT2D eigenvalue weighted by Crippen LogP contribution is -2.20. The zero-order valence-electron chi connectivity index (χ0n) is 12.3. The van der Waals surface area contributed by atoms with Crippen molar-refractivity contribution in [2.24, 2.45) is 5.73 Å². The van der Waals surface area contributed by atoms with Gasteiger partial charge in [-0.1, -0.05) is 30.3 Å². The van der Waals surface area contributed by atoms with Gasteiger partial charge in [-0.2, -0.15) is 0 Å². The molecular formula is C17H22N2O. The first-order valence-electron chi connectivity index (χ1n) is 6.80. The topological polar surface area (TPSA) is 38.5 Å². The van der Waals surface area contributed by atoms with Gasteiger partial charge in [-0.25, -0.2) is 0 Å². The van der Waals surface area contributed by atoms with Crippen LogP contribution in [0.15, 0.2) is 48.5 Å². The van der Waals surface area contributed by atoms with Crippen LogP contribution in [-0.4, -0.2) is 14.2 Å². The van der Waals surface area contributed by atoms with Crippen molar-refractivity contribution in [2.45, 2.75) is 19.5 Å². The van der Waals surface area contributed by atoms with E-state index in [1.807, 2.05) is 31.2 Å². The van der Waals surface area contributed by atoms with Gasteiger partial charge < -0.3 is 15.4 Å². The van der Waals surface area contributed by atoms with Gasteiger partial charge in [0.2, 0.25) is 0 Å². The van der Waals surface area contributed by atoms with E-state index in [9.17, 15) is 0 Å². The van der Waals surface area contributed by atoms with E-state index >= 15 is 0 Å². The molecule has 0 spiro atoms. The average molecular weight is 270 g/mol. The fraction of sp³-hybridized carbons (Fsp3) is 0.294. The van der Waals surface area contributed by atoms with Crippen molar-refractivity contribution < 1.29 is 4.74 Å².